The van der Waals surface area contributed by atoms with Gasteiger partial charge in [-0.2, -0.15) is 0 Å². The van der Waals surface area contributed by atoms with Gasteiger partial charge in [-0.05, 0) is 44.9 Å². The summed E-state index contributed by atoms with van der Waals surface area (Å²) >= 11 is 9.77. The van der Waals surface area contributed by atoms with Crippen LogP contribution in [-0.2, 0) is 0 Å². The number of halogens is 2. The minimum atomic E-state index is 0.747. The summed E-state index contributed by atoms with van der Waals surface area (Å²) in [4.78, 5) is 0. The molecule has 0 aliphatic rings. The van der Waals surface area contributed by atoms with Gasteiger partial charge in [0.15, 0.2) is 0 Å². The van der Waals surface area contributed by atoms with Gasteiger partial charge in [-0.3, -0.25) is 0 Å². The van der Waals surface area contributed by atoms with E-state index < -0.39 is 0 Å². The molecule has 0 atom stereocenters. The van der Waals surface area contributed by atoms with Crippen LogP contribution in [0.2, 0.25) is 5.02 Å². The monoisotopic (exact) mass is 320 g/mol. The third-order valence-electron chi connectivity index (χ3n) is 3.13. The summed E-state index contributed by atoms with van der Waals surface area (Å²) < 4.78 is 6.30. The van der Waals surface area contributed by atoms with Gasteiger partial charge < -0.3 is 4.74 Å². The number of fused-ring (bicyclic) bond motifs is 3. The lowest BCUT2D eigenvalue weighted by atomic mass is 10.0. The van der Waals surface area contributed by atoms with Gasteiger partial charge in [0, 0.05) is 15.2 Å². The summed E-state index contributed by atoms with van der Waals surface area (Å²) in [6.07, 6.45) is 0. The van der Waals surface area contributed by atoms with E-state index in [0.717, 1.165) is 36.8 Å². The lowest BCUT2D eigenvalue weighted by Crippen LogP contribution is -1.86. The van der Waals surface area contributed by atoms with Gasteiger partial charge in [0.1, 0.15) is 5.75 Å². The van der Waals surface area contributed by atoms with Crippen LogP contribution in [0.5, 0.6) is 5.75 Å². The van der Waals surface area contributed by atoms with Crippen LogP contribution in [0, 0.1) is 0 Å². The second-order valence-corrected chi connectivity index (χ2v) is 5.31. The third-order valence-corrected chi connectivity index (χ3v) is 4.42. The van der Waals surface area contributed by atoms with Crippen LogP contribution in [-0.4, -0.2) is 7.11 Å². The van der Waals surface area contributed by atoms with E-state index in [1.807, 2.05) is 24.3 Å². The molecule has 0 aliphatic heterocycles. The molecule has 0 fully saturated rings. The van der Waals surface area contributed by atoms with Gasteiger partial charge in [-0.1, -0.05) is 35.9 Å². The average molecular weight is 322 g/mol. The van der Waals surface area contributed by atoms with Crippen molar-refractivity contribution in [3.05, 3.63) is 52.0 Å². The molecule has 0 amide bonds. The summed E-state index contributed by atoms with van der Waals surface area (Å²) in [5.74, 6) is 0.883. The zero-order chi connectivity index (χ0) is 12.7. The average Bonchev–Trinajstić information content (AvgIpc) is 2.41. The van der Waals surface area contributed by atoms with Gasteiger partial charge in [-0.15, -0.1) is 0 Å². The van der Waals surface area contributed by atoms with Crippen molar-refractivity contribution in [1.82, 2.24) is 0 Å². The molecule has 0 spiro atoms. The first-order valence-corrected chi connectivity index (χ1v) is 6.73. The first-order chi connectivity index (χ1) is 8.72. The van der Waals surface area contributed by atoms with Crippen molar-refractivity contribution in [3.8, 4) is 5.75 Å². The first kappa shape index (κ1) is 11.8. The summed E-state index contributed by atoms with van der Waals surface area (Å²) in [7, 11) is 1.69. The third kappa shape index (κ3) is 1.68. The van der Waals surface area contributed by atoms with Crippen molar-refractivity contribution in [2.45, 2.75) is 0 Å². The molecule has 3 heteroatoms. The molecule has 0 radical (unpaired) electrons. The van der Waals surface area contributed by atoms with E-state index in [1.165, 1.54) is 0 Å². The Morgan fingerprint density at radius 2 is 1.56 bits per heavy atom. The van der Waals surface area contributed by atoms with Crippen LogP contribution < -0.4 is 4.74 Å². The van der Waals surface area contributed by atoms with E-state index in [-0.39, 0.29) is 0 Å². The fraction of sp³-hybridized carbons (Fsp3) is 0.0667. The molecule has 90 valence electrons. The fourth-order valence-electron chi connectivity index (χ4n) is 2.26. The van der Waals surface area contributed by atoms with Crippen molar-refractivity contribution in [2.24, 2.45) is 0 Å². The highest BCUT2D eigenvalue weighted by Crippen LogP contribution is 2.37. The Labute approximate surface area is 118 Å². The highest BCUT2D eigenvalue weighted by Gasteiger charge is 2.08. The first-order valence-electron chi connectivity index (χ1n) is 5.56. The second-order valence-electron chi connectivity index (χ2n) is 4.08. The molecule has 3 aromatic rings. The van der Waals surface area contributed by atoms with E-state index in [2.05, 4.69) is 34.1 Å². The zero-order valence-corrected chi connectivity index (χ0v) is 12.0. The molecular formula is C15H10BrClO. The lowest BCUT2D eigenvalue weighted by Gasteiger charge is -2.09. The number of rotatable bonds is 1. The molecule has 0 saturated carbocycles. The number of hydrogen-bond acceptors (Lipinski definition) is 1. The zero-order valence-electron chi connectivity index (χ0n) is 9.71. The molecule has 0 N–H and O–H groups in total. The molecule has 0 saturated heterocycles. The Hall–Kier alpha value is -1.25. The van der Waals surface area contributed by atoms with Crippen LogP contribution in [0.4, 0.5) is 0 Å². The van der Waals surface area contributed by atoms with Crippen LogP contribution in [0.15, 0.2) is 46.9 Å². The van der Waals surface area contributed by atoms with Crippen molar-refractivity contribution in [2.75, 3.05) is 7.11 Å². The Morgan fingerprint density at radius 3 is 2.33 bits per heavy atom. The highest BCUT2D eigenvalue weighted by molar-refractivity contribution is 9.10. The van der Waals surface area contributed by atoms with Crippen molar-refractivity contribution in [1.29, 1.82) is 0 Å². The largest absolute Gasteiger partial charge is 0.496 e. The number of hydrogen-bond donors (Lipinski definition) is 0. The van der Waals surface area contributed by atoms with Gasteiger partial charge in [0.2, 0.25) is 0 Å². The predicted octanol–water partition coefficient (Wildman–Crippen LogP) is 5.42. The van der Waals surface area contributed by atoms with Crippen molar-refractivity contribution < 1.29 is 4.74 Å². The molecule has 18 heavy (non-hydrogen) atoms. The van der Waals surface area contributed by atoms with Gasteiger partial charge >= 0.3 is 0 Å². The topological polar surface area (TPSA) is 9.23 Å². The van der Waals surface area contributed by atoms with E-state index >= 15 is 0 Å². The van der Waals surface area contributed by atoms with Gasteiger partial charge in [0.25, 0.3) is 0 Å². The minimum Gasteiger partial charge on any atom is -0.496 e. The predicted molar refractivity (Wildman–Crippen MR) is 80.7 cm³/mol. The Kier molecular flexibility index (Phi) is 2.92. The normalized spacial score (nSPS) is 11.1. The molecule has 0 heterocycles. The van der Waals surface area contributed by atoms with Gasteiger partial charge in [0.05, 0.1) is 12.1 Å². The Morgan fingerprint density at radius 1 is 0.889 bits per heavy atom. The number of methoxy groups -OCH3 is 1. The number of ether oxygens (including phenoxy) is 1. The SMILES string of the molecule is COc1cccc2c1ccc1c(Cl)c(Br)ccc12. The van der Waals surface area contributed by atoms with Crippen LogP contribution in [0.1, 0.15) is 0 Å². The van der Waals surface area contributed by atoms with Crippen LogP contribution in [0.25, 0.3) is 21.5 Å². The molecule has 0 bridgehead atoms. The second kappa shape index (κ2) is 4.45. The minimum absolute atomic E-state index is 0.747. The summed E-state index contributed by atoms with van der Waals surface area (Å²) in [6, 6.07) is 14.2. The van der Waals surface area contributed by atoms with Crippen molar-refractivity contribution >= 4 is 49.1 Å². The Balaban J connectivity index is 2.51. The molecular weight excluding hydrogens is 312 g/mol. The smallest absolute Gasteiger partial charge is 0.126 e. The van der Waals surface area contributed by atoms with Gasteiger partial charge in [-0.25, -0.2) is 0 Å². The molecule has 3 rings (SSSR count). The van der Waals surface area contributed by atoms with E-state index in [1.54, 1.807) is 7.11 Å². The lowest BCUT2D eigenvalue weighted by molar-refractivity contribution is 0.420. The maximum absolute atomic E-state index is 6.32. The summed E-state index contributed by atoms with van der Waals surface area (Å²) in [5, 5.41) is 5.19. The van der Waals surface area contributed by atoms with Crippen LogP contribution in [0.3, 0.4) is 0 Å². The summed E-state index contributed by atoms with van der Waals surface area (Å²) in [6.45, 7) is 0. The highest BCUT2D eigenvalue weighted by atomic mass is 79.9. The van der Waals surface area contributed by atoms with E-state index in [9.17, 15) is 0 Å². The van der Waals surface area contributed by atoms with E-state index in [0.29, 0.717) is 0 Å². The summed E-state index contributed by atoms with van der Waals surface area (Å²) in [5.41, 5.74) is 0. The molecule has 0 unspecified atom stereocenters. The quantitative estimate of drug-likeness (QED) is 0.544. The molecule has 0 aromatic heterocycles. The molecule has 0 aliphatic carbocycles. The fourth-order valence-corrected chi connectivity index (χ4v) is 2.83. The van der Waals surface area contributed by atoms with Crippen molar-refractivity contribution in [3.63, 3.8) is 0 Å². The standard InChI is InChI=1S/C15H10BrClO/c1-18-14-4-2-3-9-10-7-8-13(16)15(17)12(10)6-5-11(9)14/h2-8H,1H3. The maximum atomic E-state index is 6.32. The molecule has 1 nitrogen and oxygen atoms in total. The Bertz CT molecular complexity index is 752. The number of benzene rings is 3. The maximum Gasteiger partial charge on any atom is 0.126 e. The van der Waals surface area contributed by atoms with Crippen LogP contribution >= 0.6 is 27.5 Å². The van der Waals surface area contributed by atoms with E-state index in [4.69, 9.17) is 16.3 Å². The molecule has 3 aromatic carbocycles.